The predicted molar refractivity (Wildman–Crippen MR) is 126 cm³/mol. The molecule has 0 bridgehead atoms. The van der Waals surface area contributed by atoms with E-state index >= 15 is 0 Å². The van der Waals surface area contributed by atoms with Gasteiger partial charge < -0.3 is 5.32 Å². The standard InChI is InChI=1S/C24H23N5O3S/c1-17-3-8-21(13-18(17)2)28-33(31,32)23-11-6-20(7-12-23)24(30)26-14-19-4-9-22(10-5-19)29-16-25-15-27-29/h3-13,15-16,28H,14H2,1-2H3,(H,26,30). The Balaban J connectivity index is 1.38. The van der Waals surface area contributed by atoms with E-state index < -0.39 is 10.0 Å². The third kappa shape index (κ3) is 5.27. The van der Waals surface area contributed by atoms with Gasteiger partial charge in [-0.05, 0) is 79.1 Å². The highest BCUT2D eigenvalue weighted by Gasteiger charge is 2.15. The van der Waals surface area contributed by atoms with Crippen LogP contribution in [0.1, 0.15) is 27.0 Å². The van der Waals surface area contributed by atoms with E-state index in [9.17, 15) is 13.2 Å². The van der Waals surface area contributed by atoms with E-state index in [-0.39, 0.29) is 10.8 Å². The molecule has 0 aliphatic heterocycles. The van der Waals surface area contributed by atoms with Gasteiger partial charge in [-0.1, -0.05) is 18.2 Å². The minimum absolute atomic E-state index is 0.0842. The van der Waals surface area contributed by atoms with E-state index in [0.29, 0.717) is 17.8 Å². The number of carbonyl (C=O) groups is 1. The Morgan fingerprint density at radius 1 is 0.939 bits per heavy atom. The van der Waals surface area contributed by atoms with Crippen molar-refractivity contribution >= 4 is 21.6 Å². The number of hydrogen-bond acceptors (Lipinski definition) is 5. The van der Waals surface area contributed by atoms with Crippen LogP contribution in [0.25, 0.3) is 5.69 Å². The lowest BCUT2D eigenvalue weighted by molar-refractivity contribution is 0.0951. The van der Waals surface area contributed by atoms with Crippen LogP contribution in [0.2, 0.25) is 0 Å². The minimum atomic E-state index is -3.76. The maximum Gasteiger partial charge on any atom is 0.261 e. The predicted octanol–water partition coefficient (Wildman–Crippen LogP) is 3.61. The highest BCUT2D eigenvalue weighted by molar-refractivity contribution is 7.92. The average Bonchev–Trinajstić information content (AvgIpc) is 3.35. The SMILES string of the molecule is Cc1ccc(NS(=O)(=O)c2ccc(C(=O)NCc3ccc(-n4cncn4)cc3)cc2)cc1C. The summed E-state index contributed by atoms with van der Waals surface area (Å²) in [5.74, 6) is -0.290. The van der Waals surface area contributed by atoms with E-state index in [1.165, 1.54) is 30.6 Å². The first-order valence-corrected chi connectivity index (χ1v) is 11.7. The fraction of sp³-hybridized carbons (Fsp3) is 0.125. The van der Waals surface area contributed by atoms with Crippen molar-refractivity contribution in [1.29, 1.82) is 0 Å². The molecule has 0 aliphatic carbocycles. The summed E-state index contributed by atoms with van der Waals surface area (Å²) in [5.41, 5.74) is 4.74. The lowest BCUT2D eigenvalue weighted by atomic mass is 10.1. The molecule has 9 heteroatoms. The second-order valence-corrected chi connectivity index (χ2v) is 9.30. The zero-order chi connectivity index (χ0) is 23.4. The van der Waals surface area contributed by atoms with Crippen LogP contribution in [0.5, 0.6) is 0 Å². The Morgan fingerprint density at radius 3 is 2.30 bits per heavy atom. The molecule has 1 amide bonds. The summed E-state index contributed by atoms with van der Waals surface area (Å²) < 4.78 is 29.6. The first kappa shape index (κ1) is 22.2. The van der Waals surface area contributed by atoms with Crippen molar-refractivity contribution in [2.75, 3.05) is 4.72 Å². The normalized spacial score (nSPS) is 11.2. The summed E-state index contributed by atoms with van der Waals surface area (Å²) in [6, 6.07) is 18.8. The average molecular weight is 462 g/mol. The van der Waals surface area contributed by atoms with E-state index in [2.05, 4.69) is 20.1 Å². The number of benzene rings is 3. The quantitative estimate of drug-likeness (QED) is 0.437. The summed E-state index contributed by atoms with van der Waals surface area (Å²) >= 11 is 0. The van der Waals surface area contributed by atoms with Gasteiger partial charge in [-0.25, -0.2) is 18.1 Å². The number of sulfonamides is 1. The van der Waals surface area contributed by atoms with Crippen molar-refractivity contribution in [3.63, 3.8) is 0 Å². The molecule has 1 heterocycles. The molecule has 0 fully saturated rings. The van der Waals surface area contributed by atoms with Gasteiger partial charge in [-0.3, -0.25) is 9.52 Å². The molecule has 0 aliphatic rings. The Hall–Kier alpha value is -3.98. The van der Waals surface area contributed by atoms with Crippen LogP contribution >= 0.6 is 0 Å². The van der Waals surface area contributed by atoms with Gasteiger partial charge in [-0.15, -0.1) is 0 Å². The van der Waals surface area contributed by atoms with Crippen LogP contribution in [0.15, 0.2) is 84.3 Å². The van der Waals surface area contributed by atoms with E-state index in [4.69, 9.17) is 0 Å². The zero-order valence-electron chi connectivity index (χ0n) is 18.2. The zero-order valence-corrected chi connectivity index (χ0v) is 19.0. The van der Waals surface area contributed by atoms with Crippen LogP contribution in [-0.2, 0) is 16.6 Å². The molecule has 4 aromatic rings. The van der Waals surface area contributed by atoms with Gasteiger partial charge in [0.15, 0.2) is 0 Å². The maximum atomic E-state index is 12.7. The number of amides is 1. The highest BCUT2D eigenvalue weighted by atomic mass is 32.2. The number of aryl methyl sites for hydroxylation is 2. The molecule has 0 spiro atoms. The minimum Gasteiger partial charge on any atom is -0.348 e. The van der Waals surface area contributed by atoms with Gasteiger partial charge >= 0.3 is 0 Å². The summed E-state index contributed by atoms with van der Waals surface area (Å²) in [6.07, 6.45) is 3.07. The number of aromatic nitrogens is 3. The number of hydrogen-bond donors (Lipinski definition) is 2. The van der Waals surface area contributed by atoms with Crippen molar-refractivity contribution in [2.45, 2.75) is 25.3 Å². The summed E-state index contributed by atoms with van der Waals surface area (Å²) in [6.45, 7) is 4.22. The van der Waals surface area contributed by atoms with Crippen molar-refractivity contribution in [3.8, 4) is 5.69 Å². The van der Waals surface area contributed by atoms with Crippen LogP contribution in [0.4, 0.5) is 5.69 Å². The highest BCUT2D eigenvalue weighted by Crippen LogP contribution is 2.19. The molecule has 3 aromatic carbocycles. The Labute approximate surface area is 192 Å². The van der Waals surface area contributed by atoms with Gasteiger partial charge in [0.05, 0.1) is 10.6 Å². The van der Waals surface area contributed by atoms with Gasteiger partial charge in [0.1, 0.15) is 12.7 Å². The Bertz CT molecular complexity index is 1360. The smallest absolute Gasteiger partial charge is 0.261 e. The molecule has 0 saturated carbocycles. The number of carbonyl (C=O) groups excluding carboxylic acids is 1. The van der Waals surface area contributed by atoms with Crippen molar-refractivity contribution < 1.29 is 13.2 Å². The van der Waals surface area contributed by atoms with Crippen molar-refractivity contribution in [1.82, 2.24) is 20.1 Å². The number of rotatable bonds is 7. The summed E-state index contributed by atoms with van der Waals surface area (Å²) in [7, 11) is -3.76. The van der Waals surface area contributed by atoms with Gasteiger partial charge in [-0.2, -0.15) is 5.10 Å². The topological polar surface area (TPSA) is 106 Å². The molecule has 168 valence electrons. The van der Waals surface area contributed by atoms with Gasteiger partial charge in [0.2, 0.25) is 0 Å². The molecule has 0 saturated heterocycles. The van der Waals surface area contributed by atoms with Crippen LogP contribution in [-0.4, -0.2) is 29.1 Å². The molecule has 2 N–H and O–H groups in total. The number of nitrogens with zero attached hydrogens (tertiary/aromatic N) is 3. The molecule has 0 atom stereocenters. The fourth-order valence-electron chi connectivity index (χ4n) is 3.20. The van der Waals surface area contributed by atoms with Crippen LogP contribution in [0.3, 0.4) is 0 Å². The summed E-state index contributed by atoms with van der Waals surface area (Å²) in [4.78, 5) is 16.5. The van der Waals surface area contributed by atoms with Crippen LogP contribution in [0, 0.1) is 13.8 Å². The fourth-order valence-corrected chi connectivity index (χ4v) is 4.25. The second kappa shape index (κ2) is 9.25. The van der Waals surface area contributed by atoms with Crippen LogP contribution < -0.4 is 10.0 Å². The maximum absolute atomic E-state index is 12.7. The van der Waals surface area contributed by atoms with Gasteiger partial charge in [0, 0.05) is 17.8 Å². The third-order valence-electron chi connectivity index (χ3n) is 5.26. The lowest BCUT2D eigenvalue weighted by Crippen LogP contribution is -2.23. The Morgan fingerprint density at radius 2 is 1.67 bits per heavy atom. The van der Waals surface area contributed by atoms with Crippen molar-refractivity contribution in [2.24, 2.45) is 0 Å². The molecule has 1 aromatic heterocycles. The number of anilines is 1. The summed E-state index contributed by atoms with van der Waals surface area (Å²) in [5, 5.41) is 6.91. The molecular formula is C24H23N5O3S. The molecule has 33 heavy (non-hydrogen) atoms. The van der Waals surface area contributed by atoms with E-state index in [0.717, 1.165) is 22.4 Å². The van der Waals surface area contributed by atoms with E-state index in [1.54, 1.807) is 23.1 Å². The second-order valence-electron chi connectivity index (χ2n) is 7.62. The first-order chi connectivity index (χ1) is 15.8. The molecule has 0 unspecified atom stereocenters. The molecule has 0 radical (unpaired) electrons. The monoisotopic (exact) mass is 461 g/mol. The molecule has 4 rings (SSSR count). The molecular weight excluding hydrogens is 438 g/mol. The largest absolute Gasteiger partial charge is 0.348 e. The number of nitrogens with one attached hydrogen (secondary N) is 2. The first-order valence-electron chi connectivity index (χ1n) is 10.2. The molecule has 8 nitrogen and oxygen atoms in total. The third-order valence-corrected chi connectivity index (χ3v) is 6.66. The van der Waals surface area contributed by atoms with Crippen molar-refractivity contribution in [3.05, 3.63) is 102 Å². The van der Waals surface area contributed by atoms with E-state index in [1.807, 2.05) is 44.2 Å². The Kier molecular flexibility index (Phi) is 6.23. The van der Waals surface area contributed by atoms with Gasteiger partial charge in [0.25, 0.3) is 15.9 Å². The lowest BCUT2D eigenvalue weighted by Gasteiger charge is -2.11.